The second-order valence-electron chi connectivity index (χ2n) is 9.33. The minimum atomic E-state index is -0.188. The second kappa shape index (κ2) is 11.9. The maximum absolute atomic E-state index is 13.0. The fraction of sp³-hybridized carbons (Fsp3) is 0.345. The van der Waals surface area contributed by atoms with Gasteiger partial charge in [-0.05, 0) is 44.0 Å². The summed E-state index contributed by atoms with van der Waals surface area (Å²) in [6, 6.07) is 16.1. The molecule has 3 N–H and O–H groups in total. The average molecular weight is 498 g/mol. The highest BCUT2D eigenvalue weighted by Crippen LogP contribution is 2.36. The van der Waals surface area contributed by atoms with E-state index in [1.165, 1.54) is 5.56 Å². The largest absolute Gasteiger partial charge is 0.486 e. The van der Waals surface area contributed by atoms with Crippen molar-refractivity contribution in [3.63, 3.8) is 0 Å². The Morgan fingerprint density at radius 1 is 1.24 bits per heavy atom. The number of ether oxygens (including phenoxy) is 2. The first-order valence-electron chi connectivity index (χ1n) is 12.8. The van der Waals surface area contributed by atoms with E-state index >= 15 is 0 Å². The van der Waals surface area contributed by atoms with Crippen molar-refractivity contribution in [1.29, 1.82) is 5.26 Å². The molecule has 0 bridgehead atoms. The molecule has 190 valence electrons. The molecular weight excluding hydrogens is 466 g/mol. The van der Waals surface area contributed by atoms with Gasteiger partial charge in [0.05, 0.1) is 35.7 Å². The summed E-state index contributed by atoms with van der Waals surface area (Å²) >= 11 is 0. The third-order valence-electron chi connectivity index (χ3n) is 6.67. The average Bonchev–Trinajstić information content (AvgIpc) is 3.43. The van der Waals surface area contributed by atoms with Crippen LogP contribution in [0.3, 0.4) is 0 Å². The van der Waals surface area contributed by atoms with E-state index in [0.717, 1.165) is 49.7 Å². The van der Waals surface area contributed by atoms with E-state index in [0.29, 0.717) is 48.0 Å². The van der Waals surface area contributed by atoms with Gasteiger partial charge in [-0.2, -0.15) is 5.26 Å². The Hall–Kier alpha value is -3.93. The first kappa shape index (κ1) is 24.8. The van der Waals surface area contributed by atoms with Crippen LogP contribution < -0.4 is 20.7 Å². The number of hydrogen-bond donors (Lipinski definition) is 3. The predicted molar refractivity (Wildman–Crippen MR) is 144 cm³/mol. The molecule has 8 heteroatoms. The smallest absolute Gasteiger partial charge is 0.248 e. The van der Waals surface area contributed by atoms with Crippen molar-refractivity contribution in [1.82, 2.24) is 10.3 Å². The van der Waals surface area contributed by atoms with Crippen LogP contribution >= 0.6 is 0 Å². The molecule has 2 aliphatic rings. The topological polar surface area (TPSA) is 108 Å². The summed E-state index contributed by atoms with van der Waals surface area (Å²) in [5, 5.41) is 20.3. The molecular formula is C29H31N5O3. The van der Waals surface area contributed by atoms with E-state index in [2.05, 4.69) is 39.1 Å². The Balaban J connectivity index is 1.46. The predicted octanol–water partition coefficient (Wildman–Crippen LogP) is 4.18. The minimum Gasteiger partial charge on any atom is -0.486 e. The van der Waals surface area contributed by atoms with Gasteiger partial charge in [-0.3, -0.25) is 9.78 Å². The lowest BCUT2D eigenvalue weighted by Gasteiger charge is -2.19. The van der Waals surface area contributed by atoms with Gasteiger partial charge in [0.1, 0.15) is 17.9 Å². The van der Waals surface area contributed by atoms with Crippen LogP contribution in [0.25, 0.3) is 10.9 Å². The number of fused-ring (bicyclic) bond motifs is 1. The second-order valence-corrected chi connectivity index (χ2v) is 9.33. The van der Waals surface area contributed by atoms with Crippen molar-refractivity contribution in [2.24, 2.45) is 0 Å². The maximum atomic E-state index is 13.0. The van der Waals surface area contributed by atoms with E-state index in [1.807, 2.05) is 30.3 Å². The zero-order valence-corrected chi connectivity index (χ0v) is 20.8. The molecule has 1 aromatic heterocycles. The maximum Gasteiger partial charge on any atom is 0.248 e. The van der Waals surface area contributed by atoms with Gasteiger partial charge in [0, 0.05) is 36.7 Å². The summed E-state index contributed by atoms with van der Waals surface area (Å²) < 4.78 is 11.7. The standard InChI is InChI=1S/C29H31N5O3/c30-17-22-18-33-25-16-27(37-23-9-13-36-19-23)26(34-28(35)14-21-6-10-31-11-7-21)15-24(25)29(22)32-12-8-20-4-2-1-3-5-20/h1-5,14-16,18,23,31H,6-13,19H2,(H,32,33)(H,34,35)/t23-/m0/s1. The molecule has 1 amide bonds. The number of rotatable bonds is 8. The van der Waals surface area contributed by atoms with Crippen LogP contribution in [0.1, 0.15) is 30.4 Å². The third-order valence-corrected chi connectivity index (χ3v) is 6.67. The van der Waals surface area contributed by atoms with E-state index < -0.39 is 0 Å². The lowest BCUT2D eigenvalue weighted by molar-refractivity contribution is -0.112. The van der Waals surface area contributed by atoms with Crippen LogP contribution in [-0.2, 0) is 16.0 Å². The van der Waals surface area contributed by atoms with Crippen molar-refractivity contribution < 1.29 is 14.3 Å². The quantitative estimate of drug-likeness (QED) is 0.401. The SMILES string of the molecule is N#Cc1cnc2cc(O[C@H]3CCOC3)c(NC(=O)C=C3CCNCC3)cc2c1NCCc1ccccc1. The zero-order valence-electron chi connectivity index (χ0n) is 20.8. The number of pyridine rings is 1. The summed E-state index contributed by atoms with van der Waals surface area (Å²) in [5.41, 5.74) is 4.72. The first-order valence-corrected chi connectivity index (χ1v) is 12.8. The molecule has 3 aromatic rings. The van der Waals surface area contributed by atoms with Gasteiger partial charge in [-0.1, -0.05) is 35.9 Å². The van der Waals surface area contributed by atoms with Crippen molar-refractivity contribution >= 4 is 28.2 Å². The molecule has 0 spiro atoms. The highest BCUT2D eigenvalue weighted by Gasteiger charge is 2.21. The number of carbonyl (C=O) groups excluding carboxylic acids is 1. The van der Waals surface area contributed by atoms with Gasteiger partial charge >= 0.3 is 0 Å². The number of nitrogens with one attached hydrogen (secondary N) is 3. The van der Waals surface area contributed by atoms with Crippen molar-refractivity contribution in [2.75, 3.05) is 43.5 Å². The highest BCUT2D eigenvalue weighted by molar-refractivity contribution is 6.04. The lowest BCUT2D eigenvalue weighted by atomic mass is 10.0. The van der Waals surface area contributed by atoms with Crippen molar-refractivity contribution in [2.45, 2.75) is 31.8 Å². The summed E-state index contributed by atoms with van der Waals surface area (Å²) in [5.74, 6) is 0.360. The van der Waals surface area contributed by atoms with E-state index in [9.17, 15) is 10.1 Å². The summed E-state index contributed by atoms with van der Waals surface area (Å²) in [4.78, 5) is 17.5. The van der Waals surface area contributed by atoms with Crippen LogP contribution in [0.2, 0.25) is 0 Å². The van der Waals surface area contributed by atoms with Crippen molar-refractivity contribution in [3.05, 3.63) is 71.4 Å². The molecule has 0 radical (unpaired) electrons. The third kappa shape index (κ3) is 6.26. The number of piperidine rings is 1. The zero-order chi connectivity index (χ0) is 25.5. The Labute approximate surface area is 216 Å². The van der Waals surface area contributed by atoms with Gasteiger partial charge < -0.3 is 25.4 Å². The fourth-order valence-corrected chi connectivity index (χ4v) is 4.70. The fourth-order valence-electron chi connectivity index (χ4n) is 4.70. The van der Waals surface area contributed by atoms with Crippen LogP contribution in [0.15, 0.2) is 60.3 Å². The minimum absolute atomic E-state index is 0.0854. The Morgan fingerprint density at radius 3 is 2.84 bits per heavy atom. The van der Waals surface area contributed by atoms with Crippen LogP contribution in [0.4, 0.5) is 11.4 Å². The van der Waals surface area contributed by atoms with Crippen LogP contribution in [-0.4, -0.2) is 49.8 Å². The number of nitrogens with zero attached hydrogens (tertiary/aromatic N) is 2. The van der Waals surface area contributed by atoms with Crippen LogP contribution in [0.5, 0.6) is 5.75 Å². The van der Waals surface area contributed by atoms with Gasteiger partial charge in [0.15, 0.2) is 0 Å². The monoisotopic (exact) mass is 497 g/mol. The molecule has 0 saturated carbocycles. The van der Waals surface area contributed by atoms with Crippen molar-refractivity contribution in [3.8, 4) is 11.8 Å². The molecule has 0 aliphatic carbocycles. The normalized spacial score (nSPS) is 17.3. The Morgan fingerprint density at radius 2 is 2.08 bits per heavy atom. The molecule has 2 fully saturated rings. The number of hydrogen-bond acceptors (Lipinski definition) is 7. The number of nitriles is 1. The molecule has 8 nitrogen and oxygen atoms in total. The molecule has 2 saturated heterocycles. The molecule has 2 aliphatic heterocycles. The number of anilines is 2. The van der Waals surface area contributed by atoms with E-state index in [4.69, 9.17) is 9.47 Å². The summed E-state index contributed by atoms with van der Waals surface area (Å²) in [6.07, 6.45) is 6.50. The molecule has 5 rings (SSSR count). The first-order chi connectivity index (χ1) is 18.2. The number of aromatic nitrogens is 1. The Kier molecular flexibility index (Phi) is 7.94. The molecule has 2 aromatic carbocycles. The molecule has 1 atom stereocenters. The highest BCUT2D eigenvalue weighted by atomic mass is 16.5. The molecule has 37 heavy (non-hydrogen) atoms. The summed E-state index contributed by atoms with van der Waals surface area (Å²) in [6.45, 7) is 3.57. The summed E-state index contributed by atoms with van der Waals surface area (Å²) in [7, 11) is 0. The van der Waals surface area contributed by atoms with Gasteiger partial charge in [-0.25, -0.2) is 0 Å². The Bertz CT molecular complexity index is 1320. The number of benzene rings is 2. The van der Waals surface area contributed by atoms with Gasteiger partial charge in [0.2, 0.25) is 5.91 Å². The van der Waals surface area contributed by atoms with E-state index in [1.54, 1.807) is 12.3 Å². The molecule has 3 heterocycles. The van der Waals surface area contributed by atoms with Gasteiger partial charge in [0.25, 0.3) is 0 Å². The molecule has 0 unspecified atom stereocenters. The van der Waals surface area contributed by atoms with Gasteiger partial charge in [-0.15, -0.1) is 0 Å². The van der Waals surface area contributed by atoms with E-state index in [-0.39, 0.29) is 12.0 Å². The number of carbonyl (C=O) groups is 1. The number of amides is 1. The lowest BCUT2D eigenvalue weighted by Crippen LogP contribution is -2.24. The van der Waals surface area contributed by atoms with Crippen LogP contribution in [0, 0.1) is 11.3 Å².